The highest BCUT2D eigenvalue weighted by molar-refractivity contribution is 7.90. The Morgan fingerprint density at radius 3 is 2.08 bits per heavy atom. The molecule has 0 saturated heterocycles. The van der Waals surface area contributed by atoms with Crippen LogP contribution in [0, 0.1) is 5.92 Å². The first-order valence-electron chi connectivity index (χ1n) is 8.08. The highest BCUT2D eigenvalue weighted by atomic mass is 35.5. The van der Waals surface area contributed by atoms with E-state index in [1.807, 2.05) is 6.92 Å². The summed E-state index contributed by atoms with van der Waals surface area (Å²) in [6, 6.07) is 4.80. The standard InChI is InChI=1S/C17H22ClNO5S/c1-4-6-12(3)17(22)19(15(20)7-5-2)25(23,24)14-10-8-13(9-11-14)16(18)21/h8-12H,4-7H2,1-3H3. The number of carbonyl (C=O) groups excluding carboxylic acids is 3. The average molecular weight is 388 g/mol. The van der Waals surface area contributed by atoms with E-state index in [0.717, 1.165) is 12.1 Å². The lowest BCUT2D eigenvalue weighted by molar-refractivity contribution is -0.140. The molecule has 8 heteroatoms. The number of amides is 2. The summed E-state index contributed by atoms with van der Waals surface area (Å²) in [5.41, 5.74) is 0.123. The van der Waals surface area contributed by atoms with Gasteiger partial charge in [-0.2, -0.15) is 4.31 Å². The number of sulfonamides is 1. The van der Waals surface area contributed by atoms with E-state index in [1.165, 1.54) is 12.1 Å². The topological polar surface area (TPSA) is 88.6 Å². The second-order valence-corrected chi connectivity index (χ2v) is 7.87. The van der Waals surface area contributed by atoms with Crippen molar-refractivity contribution in [3.8, 4) is 0 Å². The monoisotopic (exact) mass is 387 g/mol. The summed E-state index contributed by atoms with van der Waals surface area (Å²) in [5.74, 6) is -2.09. The zero-order valence-corrected chi connectivity index (χ0v) is 16.1. The molecule has 1 aromatic rings. The molecule has 2 amide bonds. The molecule has 0 saturated carbocycles. The maximum absolute atomic E-state index is 12.8. The largest absolute Gasteiger partial charge is 0.276 e. The maximum Gasteiger partial charge on any atom is 0.273 e. The molecule has 0 aliphatic heterocycles. The van der Waals surface area contributed by atoms with Gasteiger partial charge in [-0.05, 0) is 48.7 Å². The van der Waals surface area contributed by atoms with Gasteiger partial charge in [0.1, 0.15) is 0 Å². The maximum atomic E-state index is 12.8. The third kappa shape index (κ3) is 5.12. The predicted octanol–water partition coefficient (Wildman–Crippen LogP) is 3.35. The van der Waals surface area contributed by atoms with E-state index in [1.54, 1.807) is 13.8 Å². The summed E-state index contributed by atoms with van der Waals surface area (Å²) in [7, 11) is -4.35. The van der Waals surface area contributed by atoms with Crippen LogP contribution in [0.1, 0.15) is 56.8 Å². The van der Waals surface area contributed by atoms with E-state index in [4.69, 9.17) is 11.6 Å². The van der Waals surface area contributed by atoms with Crippen LogP contribution >= 0.6 is 11.6 Å². The van der Waals surface area contributed by atoms with Gasteiger partial charge in [0.2, 0.25) is 11.8 Å². The number of hydrogen-bond donors (Lipinski definition) is 0. The van der Waals surface area contributed by atoms with E-state index in [-0.39, 0.29) is 16.9 Å². The van der Waals surface area contributed by atoms with Crippen molar-refractivity contribution in [1.29, 1.82) is 0 Å². The molecule has 0 aliphatic rings. The Kier molecular flexibility index (Phi) is 7.76. The molecule has 0 N–H and O–H groups in total. The van der Waals surface area contributed by atoms with E-state index >= 15 is 0 Å². The summed E-state index contributed by atoms with van der Waals surface area (Å²) in [5, 5.41) is -0.726. The van der Waals surface area contributed by atoms with Gasteiger partial charge in [0.25, 0.3) is 15.3 Å². The zero-order valence-electron chi connectivity index (χ0n) is 14.5. The molecule has 25 heavy (non-hydrogen) atoms. The normalized spacial score (nSPS) is 12.5. The van der Waals surface area contributed by atoms with Crippen LogP contribution in [0.15, 0.2) is 29.2 Å². The Hall–Kier alpha value is -1.73. The smallest absolute Gasteiger partial charge is 0.273 e. The molecule has 0 aliphatic carbocycles. The molecule has 0 aromatic heterocycles. The third-order valence-corrected chi connectivity index (χ3v) is 5.60. The Bertz CT molecular complexity index is 743. The summed E-state index contributed by atoms with van der Waals surface area (Å²) in [6.45, 7) is 5.20. The number of rotatable bonds is 8. The lowest BCUT2D eigenvalue weighted by atomic mass is 10.1. The van der Waals surface area contributed by atoms with E-state index in [9.17, 15) is 22.8 Å². The van der Waals surface area contributed by atoms with Crippen LogP contribution in [0.2, 0.25) is 0 Å². The summed E-state index contributed by atoms with van der Waals surface area (Å²) < 4.78 is 26.1. The summed E-state index contributed by atoms with van der Waals surface area (Å²) in [6.07, 6.45) is 1.53. The van der Waals surface area contributed by atoms with Crippen molar-refractivity contribution in [2.45, 2.75) is 51.3 Å². The van der Waals surface area contributed by atoms with Gasteiger partial charge >= 0.3 is 0 Å². The minimum Gasteiger partial charge on any atom is -0.276 e. The molecular weight excluding hydrogens is 366 g/mol. The van der Waals surface area contributed by atoms with Gasteiger partial charge in [0, 0.05) is 17.9 Å². The Morgan fingerprint density at radius 1 is 1.08 bits per heavy atom. The molecule has 138 valence electrons. The number of benzene rings is 1. The molecule has 0 radical (unpaired) electrons. The van der Waals surface area contributed by atoms with Gasteiger partial charge in [-0.3, -0.25) is 14.4 Å². The minimum atomic E-state index is -4.35. The van der Waals surface area contributed by atoms with Gasteiger partial charge in [0.05, 0.1) is 4.90 Å². The SMILES string of the molecule is CCCC(=O)N(C(=O)C(C)CCC)S(=O)(=O)c1ccc(C(=O)Cl)cc1. The molecule has 0 bridgehead atoms. The number of hydrogen-bond acceptors (Lipinski definition) is 5. The number of imide groups is 1. The van der Waals surface area contributed by atoms with E-state index < -0.39 is 33.0 Å². The van der Waals surface area contributed by atoms with Gasteiger partial charge in [-0.25, -0.2) is 8.42 Å². The van der Waals surface area contributed by atoms with Gasteiger partial charge in [-0.15, -0.1) is 0 Å². The Labute approximate surface area is 153 Å². The van der Waals surface area contributed by atoms with Crippen LogP contribution in [0.3, 0.4) is 0 Å². The molecule has 0 spiro atoms. The molecule has 0 fully saturated rings. The first kappa shape index (κ1) is 21.3. The fourth-order valence-corrected chi connectivity index (χ4v) is 3.90. The van der Waals surface area contributed by atoms with Crippen LogP contribution in [0.25, 0.3) is 0 Å². The number of halogens is 1. The Morgan fingerprint density at radius 2 is 1.64 bits per heavy atom. The third-order valence-electron chi connectivity index (χ3n) is 3.65. The van der Waals surface area contributed by atoms with E-state index in [0.29, 0.717) is 23.6 Å². The molecule has 0 heterocycles. The van der Waals surface area contributed by atoms with Gasteiger partial charge in [0.15, 0.2) is 0 Å². The molecule has 1 aromatic carbocycles. The molecular formula is C17H22ClNO5S. The molecule has 1 atom stereocenters. The van der Waals surface area contributed by atoms with E-state index in [2.05, 4.69) is 0 Å². The quantitative estimate of drug-likeness (QED) is 0.638. The summed E-state index contributed by atoms with van der Waals surface area (Å²) >= 11 is 5.34. The minimum absolute atomic E-state index is 0.0535. The van der Waals surface area contributed by atoms with Crippen LogP contribution in [-0.2, 0) is 19.6 Å². The van der Waals surface area contributed by atoms with Crippen molar-refractivity contribution in [1.82, 2.24) is 4.31 Å². The number of nitrogens with zero attached hydrogens (tertiary/aromatic N) is 1. The van der Waals surface area contributed by atoms with Crippen molar-refractivity contribution in [2.75, 3.05) is 0 Å². The van der Waals surface area contributed by atoms with Crippen molar-refractivity contribution in [3.63, 3.8) is 0 Å². The van der Waals surface area contributed by atoms with Crippen LogP contribution in [-0.4, -0.2) is 29.8 Å². The van der Waals surface area contributed by atoms with Crippen LogP contribution in [0.5, 0.6) is 0 Å². The summed E-state index contributed by atoms with van der Waals surface area (Å²) in [4.78, 5) is 35.8. The average Bonchev–Trinajstić information content (AvgIpc) is 2.55. The van der Waals surface area contributed by atoms with Crippen LogP contribution < -0.4 is 0 Å². The second kappa shape index (κ2) is 9.10. The molecule has 6 nitrogen and oxygen atoms in total. The van der Waals surface area contributed by atoms with Crippen LogP contribution in [0.4, 0.5) is 0 Å². The fraction of sp³-hybridized carbons (Fsp3) is 0.471. The highest BCUT2D eigenvalue weighted by Crippen LogP contribution is 2.22. The van der Waals surface area contributed by atoms with Crippen molar-refractivity contribution in [3.05, 3.63) is 29.8 Å². The van der Waals surface area contributed by atoms with Crippen molar-refractivity contribution in [2.24, 2.45) is 5.92 Å². The van der Waals surface area contributed by atoms with Crippen molar-refractivity contribution < 1.29 is 22.8 Å². The number of carbonyl (C=O) groups is 3. The van der Waals surface area contributed by atoms with Gasteiger partial charge < -0.3 is 0 Å². The second-order valence-electron chi connectivity index (χ2n) is 5.74. The first-order valence-corrected chi connectivity index (χ1v) is 9.90. The molecule has 1 unspecified atom stereocenters. The lowest BCUT2D eigenvalue weighted by Gasteiger charge is -2.23. The first-order chi connectivity index (χ1) is 11.7. The lowest BCUT2D eigenvalue weighted by Crippen LogP contribution is -2.44. The zero-order chi connectivity index (χ0) is 19.2. The highest BCUT2D eigenvalue weighted by Gasteiger charge is 2.36. The molecule has 1 rings (SSSR count). The Balaban J connectivity index is 3.33. The van der Waals surface area contributed by atoms with Crippen molar-refractivity contribution >= 4 is 38.7 Å². The fourth-order valence-electron chi connectivity index (χ4n) is 2.31. The predicted molar refractivity (Wildman–Crippen MR) is 94.6 cm³/mol. The van der Waals surface area contributed by atoms with Gasteiger partial charge in [-0.1, -0.05) is 27.2 Å².